The molecule has 0 bridgehead atoms. The zero-order valence-corrected chi connectivity index (χ0v) is 12.7. The minimum absolute atomic E-state index is 0.141. The van der Waals surface area contributed by atoms with Crippen molar-refractivity contribution in [1.82, 2.24) is 10.4 Å². The number of nitrogens with zero attached hydrogens (tertiary/aromatic N) is 1. The normalized spacial score (nSPS) is 21.2. The van der Waals surface area contributed by atoms with Gasteiger partial charge in [-0.05, 0) is 5.56 Å². The van der Waals surface area contributed by atoms with Crippen LogP contribution in [0.1, 0.15) is 12.5 Å². The van der Waals surface area contributed by atoms with E-state index < -0.39 is 11.9 Å². The highest BCUT2D eigenvalue weighted by Gasteiger charge is 2.45. The number of hydrogen-bond acceptors (Lipinski definition) is 5. The number of carbonyl (C=O) groups excluding carboxylic acids is 1. The molecule has 1 aromatic carbocycles. The lowest BCUT2D eigenvalue weighted by molar-refractivity contribution is -0.217. The molecule has 0 saturated carbocycles. The molecule has 1 unspecified atom stereocenters. The highest BCUT2D eigenvalue weighted by atomic mass is 16.7. The lowest BCUT2D eigenvalue weighted by Crippen LogP contribution is -2.45. The Bertz CT molecular complexity index is 462. The molecule has 1 aliphatic rings. The molecule has 0 aromatic heterocycles. The fourth-order valence-corrected chi connectivity index (χ4v) is 2.54. The standard InChI is InChI=1S/C15H22N2O4/c1-12-9-17(11-15(12,19-2)20-3)16-14(18)21-10-13-7-5-4-6-8-13/h4-8,12H,9-11H2,1-3H3,(H,16,18). The molecule has 1 fully saturated rings. The predicted octanol–water partition coefficient (Wildman–Crippen LogP) is 1.77. The average Bonchev–Trinajstić information content (AvgIpc) is 2.82. The maximum absolute atomic E-state index is 11.8. The molecule has 2 rings (SSSR count). The van der Waals surface area contributed by atoms with Gasteiger partial charge in [-0.3, -0.25) is 5.43 Å². The van der Waals surface area contributed by atoms with Crippen molar-refractivity contribution in [3.05, 3.63) is 35.9 Å². The van der Waals surface area contributed by atoms with Gasteiger partial charge in [0.15, 0.2) is 5.79 Å². The summed E-state index contributed by atoms with van der Waals surface area (Å²) in [7, 11) is 3.22. The molecule has 1 amide bonds. The second-order valence-corrected chi connectivity index (χ2v) is 5.18. The second-order valence-electron chi connectivity index (χ2n) is 5.18. The fraction of sp³-hybridized carbons (Fsp3) is 0.533. The molecule has 1 N–H and O–H groups in total. The first kappa shape index (κ1) is 15.8. The minimum atomic E-state index is -0.688. The highest BCUT2D eigenvalue weighted by Crippen LogP contribution is 2.30. The van der Waals surface area contributed by atoms with Crippen LogP contribution in [-0.4, -0.2) is 44.2 Å². The van der Waals surface area contributed by atoms with E-state index in [9.17, 15) is 4.79 Å². The van der Waals surface area contributed by atoms with Gasteiger partial charge in [-0.25, -0.2) is 9.80 Å². The van der Waals surface area contributed by atoms with Crippen LogP contribution in [0.15, 0.2) is 30.3 Å². The molecular weight excluding hydrogens is 272 g/mol. The van der Waals surface area contributed by atoms with Gasteiger partial charge in [0.1, 0.15) is 6.61 Å². The Kier molecular flexibility index (Phi) is 5.17. The van der Waals surface area contributed by atoms with Crippen molar-refractivity contribution in [3.8, 4) is 0 Å². The van der Waals surface area contributed by atoms with E-state index in [1.807, 2.05) is 37.3 Å². The van der Waals surface area contributed by atoms with Gasteiger partial charge in [-0.1, -0.05) is 37.3 Å². The van der Waals surface area contributed by atoms with Gasteiger partial charge in [0, 0.05) is 26.7 Å². The van der Waals surface area contributed by atoms with Crippen LogP contribution in [0, 0.1) is 5.92 Å². The first-order valence-corrected chi connectivity index (χ1v) is 6.92. The van der Waals surface area contributed by atoms with Crippen molar-refractivity contribution < 1.29 is 19.0 Å². The number of ether oxygens (including phenoxy) is 3. The molecule has 6 heteroatoms. The van der Waals surface area contributed by atoms with Crippen molar-refractivity contribution >= 4 is 6.09 Å². The van der Waals surface area contributed by atoms with E-state index in [-0.39, 0.29) is 12.5 Å². The average molecular weight is 294 g/mol. The highest BCUT2D eigenvalue weighted by molar-refractivity contribution is 5.66. The van der Waals surface area contributed by atoms with Crippen molar-refractivity contribution in [2.24, 2.45) is 5.92 Å². The molecule has 0 radical (unpaired) electrons. The number of carbonyl (C=O) groups is 1. The van der Waals surface area contributed by atoms with Crippen LogP contribution in [0.3, 0.4) is 0 Å². The quantitative estimate of drug-likeness (QED) is 0.839. The summed E-state index contributed by atoms with van der Waals surface area (Å²) in [4.78, 5) is 11.8. The van der Waals surface area contributed by atoms with Crippen LogP contribution < -0.4 is 5.43 Å². The zero-order valence-electron chi connectivity index (χ0n) is 12.7. The van der Waals surface area contributed by atoms with Gasteiger partial charge in [0.05, 0.1) is 6.54 Å². The molecule has 0 aliphatic carbocycles. The summed E-state index contributed by atoms with van der Waals surface area (Å²) < 4.78 is 16.1. The number of methoxy groups -OCH3 is 2. The number of nitrogens with one attached hydrogen (secondary N) is 1. The van der Waals surface area contributed by atoms with E-state index in [0.717, 1.165) is 5.56 Å². The Morgan fingerprint density at radius 3 is 2.57 bits per heavy atom. The molecule has 6 nitrogen and oxygen atoms in total. The Morgan fingerprint density at radius 1 is 1.33 bits per heavy atom. The van der Waals surface area contributed by atoms with E-state index in [2.05, 4.69) is 5.43 Å². The number of rotatable bonds is 5. The summed E-state index contributed by atoms with van der Waals surface area (Å²) >= 11 is 0. The number of hydrogen-bond donors (Lipinski definition) is 1. The Labute approximate surface area is 124 Å². The second kappa shape index (κ2) is 6.89. The first-order valence-electron chi connectivity index (χ1n) is 6.92. The fourth-order valence-electron chi connectivity index (χ4n) is 2.54. The van der Waals surface area contributed by atoms with Crippen LogP contribution in [0.4, 0.5) is 4.79 Å². The largest absolute Gasteiger partial charge is 0.444 e. The van der Waals surface area contributed by atoms with Crippen LogP contribution in [0.2, 0.25) is 0 Å². The summed E-state index contributed by atoms with van der Waals surface area (Å²) in [5, 5.41) is 1.75. The Hall–Kier alpha value is -1.63. The van der Waals surface area contributed by atoms with Crippen molar-refractivity contribution in [2.75, 3.05) is 27.3 Å². The van der Waals surface area contributed by atoms with Gasteiger partial charge in [0.25, 0.3) is 0 Å². The molecule has 1 atom stereocenters. The van der Waals surface area contributed by atoms with Crippen LogP contribution in [-0.2, 0) is 20.8 Å². The summed E-state index contributed by atoms with van der Waals surface area (Å²) in [6, 6.07) is 9.55. The summed E-state index contributed by atoms with van der Waals surface area (Å²) in [5.41, 5.74) is 3.66. The topological polar surface area (TPSA) is 60.0 Å². The third-order valence-corrected chi connectivity index (χ3v) is 3.81. The first-order chi connectivity index (χ1) is 10.1. The smallest absolute Gasteiger partial charge is 0.422 e. The maximum Gasteiger partial charge on any atom is 0.422 e. The van der Waals surface area contributed by atoms with Crippen LogP contribution in [0.25, 0.3) is 0 Å². The molecule has 1 saturated heterocycles. The summed E-state index contributed by atoms with van der Waals surface area (Å²) in [6.07, 6.45) is -0.478. The zero-order chi connectivity index (χ0) is 15.3. The molecule has 1 aromatic rings. The lowest BCUT2D eigenvalue weighted by Gasteiger charge is -2.29. The molecule has 0 spiro atoms. The SMILES string of the molecule is COC1(OC)CN(NC(=O)OCc2ccccc2)CC1C. The minimum Gasteiger partial charge on any atom is -0.444 e. The van der Waals surface area contributed by atoms with Gasteiger partial charge < -0.3 is 14.2 Å². The predicted molar refractivity (Wildman–Crippen MR) is 77.2 cm³/mol. The van der Waals surface area contributed by atoms with Crippen LogP contribution in [0.5, 0.6) is 0 Å². The maximum atomic E-state index is 11.8. The third-order valence-electron chi connectivity index (χ3n) is 3.81. The van der Waals surface area contributed by atoms with E-state index in [0.29, 0.717) is 13.1 Å². The Balaban J connectivity index is 1.81. The third kappa shape index (κ3) is 3.72. The molecule has 1 aliphatic heterocycles. The van der Waals surface area contributed by atoms with Gasteiger partial charge in [0.2, 0.25) is 0 Å². The summed E-state index contributed by atoms with van der Waals surface area (Å²) in [5.74, 6) is -0.547. The van der Waals surface area contributed by atoms with E-state index in [1.165, 1.54) is 0 Å². The van der Waals surface area contributed by atoms with E-state index >= 15 is 0 Å². The van der Waals surface area contributed by atoms with Gasteiger partial charge >= 0.3 is 6.09 Å². The van der Waals surface area contributed by atoms with E-state index in [4.69, 9.17) is 14.2 Å². The molecule has 116 valence electrons. The van der Waals surface area contributed by atoms with Crippen LogP contribution >= 0.6 is 0 Å². The van der Waals surface area contributed by atoms with Crippen molar-refractivity contribution in [2.45, 2.75) is 19.3 Å². The molecular formula is C15H22N2O4. The number of hydrazine groups is 1. The number of amides is 1. The lowest BCUT2D eigenvalue weighted by atomic mass is 10.1. The van der Waals surface area contributed by atoms with Crippen molar-refractivity contribution in [3.63, 3.8) is 0 Å². The van der Waals surface area contributed by atoms with Gasteiger partial charge in [-0.2, -0.15) is 0 Å². The Morgan fingerprint density at radius 2 is 2.00 bits per heavy atom. The molecule has 1 heterocycles. The van der Waals surface area contributed by atoms with Crippen molar-refractivity contribution in [1.29, 1.82) is 0 Å². The molecule has 21 heavy (non-hydrogen) atoms. The van der Waals surface area contributed by atoms with Gasteiger partial charge in [-0.15, -0.1) is 0 Å². The number of benzene rings is 1. The van der Waals surface area contributed by atoms with E-state index in [1.54, 1.807) is 19.2 Å². The summed E-state index contributed by atoms with van der Waals surface area (Å²) in [6.45, 7) is 3.36. The monoisotopic (exact) mass is 294 g/mol.